The number of hydrogen-bond acceptors (Lipinski definition) is 4. The third-order valence-corrected chi connectivity index (χ3v) is 4.59. The van der Waals surface area contributed by atoms with Gasteiger partial charge in [-0.25, -0.2) is 0 Å². The highest BCUT2D eigenvalue weighted by Gasteiger charge is 2.10. The van der Waals surface area contributed by atoms with Crippen LogP contribution < -0.4 is 15.4 Å². The summed E-state index contributed by atoms with van der Waals surface area (Å²) in [5.41, 5.74) is 2.82. The topological polar surface area (TPSA) is 91.2 Å². The number of benzene rings is 3. The molecule has 0 saturated carbocycles. The number of nitriles is 1. The van der Waals surface area contributed by atoms with E-state index >= 15 is 0 Å². The molecule has 7 heteroatoms. The molecule has 3 rings (SSSR count). The smallest absolute Gasteiger partial charge is 0.266 e. The van der Waals surface area contributed by atoms with Crippen molar-refractivity contribution in [3.63, 3.8) is 0 Å². The highest BCUT2D eigenvalue weighted by molar-refractivity contribution is 6.30. The molecule has 32 heavy (non-hydrogen) atoms. The molecule has 0 heterocycles. The molecule has 0 aliphatic carbocycles. The van der Waals surface area contributed by atoms with Crippen molar-refractivity contribution in [2.75, 3.05) is 17.2 Å². The number of anilines is 2. The lowest BCUT2D eigenvalue weighted by atomic mass is 10.1. The van der Waals surface area contributed by atoms with Crippen LogP contribution in [0.15, 0.2) is 78.4 Å². The zero-order chi connectivity index (χ0) is 22.9. The van der Waals surface area contributed by atoms with Gasteiger partial charge >= 0.3 is 0 Å². The number of aryl methyl sites for hydroxylation is 1. The van der Waals surface area contributed by atoms with Crippen LogP contribution in [0, 0.1) is 18.3 Å². The van der Waals surface area contributed by atoms with Crippen molar-refractivity contribution in [3.8, 4) is 11.8 Å². The number of rotatable bonds is 7. The van der Waals surface area contributed by atoms with Crippen LogP contribution in [-0.4, -0.2) is 18.4 Å². The first-order valence-electron chi connectivity index (χ1n) is 9.71. The SMILES string of the molecule is Cc1ccc(NC(=O)COc2cccc(/C=C(/C#N)C(=O)Nc3ccc(Cl)cc3)c2)cc1. The van der Waals surface area contributed by atoms with Crippen molar-refractivity contribution in [2.45, 2.75) is 6.92 Å². The van der Waals surface area contributed by atoms with Gasteiger partial charge in [-0.05, 0) is 67.1 Å². The molecule has 0 aliphatic heterocycles. The van der Waals surface area contributed by atoms with Crippen LogP contribution in [0.5, 0.6) is 5.75 Å². The van der Waals surface area contributed by atoms with Gasteiger partial charge in [-0.3, -0.25) is 9.59 Å². The Labute approximate surface area is 191 Å². The second kappa shape index (κ2) is 10.8. The van der Waals surface area contributed by atoms with Gasteiger partial charge in [-0.1, -0.05) is 41.4 Å². The minimum absolute atomic E-state index is 0.0748. The van der Waals surface area contributed by atoms with Crippen LogP contribution in [0.4, 0.5) is 11.4 Å². The van der Waals surface area contributed by atoms with E-state index < -0.39 is 5.91 Å². The zero-order valence-electron chi connectivity index (χ0n) is 17.3. The fraction of sp³-hybridized carbons (Fsp3) is 0.0800. The number of carbonyl (C=O) groups excluding carboxylic acids is 2. The molecular weight excluding hydrogens is 426 g/mol. The van der Waals surface area contributed by atoms with Crippen LogP contribution >= 0.6 is 11.6 Å². The molecule has 0 aromatic heterocycles. The summed E-state index contributed by atoms with van der Waals surface area (Å²) in [5, 5.41) is 15.3. The summed E-state index contributed by atoms with van der Waals surface area (Å²) in [6.45, 7) is 1.79. The first-order chi connectivity index (χ1) is 15.4. The number of nitrogens with one attached hydrogen (secondary N) is 2. The van der Waals surface area contributed by atoms with E-state index in [-0.39, 0.29) is 18.1 Å². The number of carbonyl (C=O) groups is 2. The summed E-state index contributed by atoms with van der Waals surface area (Å²) in [7, 11) is 0. The van der Waals surface area contributed by atoms with E-state index in [1.165, 1.54) is 6.08 Å². The third-order valence-electron chi connectivity index (χ3n) is 4.34. The Morgan fingerprint density at radius 3 is 2.34 bits per heavy atom. The van der Waals surface area contributed by atoms with Crippen molar-refractivity contribution in [1.82, 2.24) is 0 Å². The number of hydrogen-bond donors (Lipinski definition) is 2. The average molecular weight is 446 g/mol. The molecule has 0 fully saturated rings. The maximum atomic E-state index is 12.4. The van der Waals surface area contributed by atoms with Crippen molar-refractivity contribution >= 4 is 40.9 Å². The van der Waals surface area contributed by atoms with Crippen LogP contribution in [0.2, 0.25) is 5.02 Å². The fourth-order valence-corrected chi connectivity index (χ4v) is 2.85. The van der Waals surface area contributed by atoms with E-state index in [0.29, 0.717) is 27.7 Å². The number of amides is 2. The first-order valence-corrected chi connectivity index (χ1v) is 10.1. The lowest BCUT2D eigenvalue weighted by Gasteiger charge is -2.09. The molecule has 3 aromatic carbocycles. The Morgan fingerprint density at radius 2 is 1.66 bits per heavy atom. The van der Waals surface area contributed by atoms with Gasteiger partial charge in [0.15, 0.2) is 6.61 Å². The highest BCUT2D eigenvalue weighted by atomic mass is 35.5. The monoisotopic (exact) mass is 445 g/mol. The van der Waals surface area contributed by atoms with Crippen molar-refractivity contribution in [1.29, 1.82) is 5.26 Å². The van der Waals surface area contributed by atoms with Crippen molar-refractivity contribution < 1.29 is 14.3 Å². The lowest BCUT2D eigenvalue weighted by Crippen LogP contribution is -2.20. The molecule has 2 N–H and O–H groups in total. The maximum absolute atomic E-state index is 12.4. The van der Waals surface area contributed by atoms with Gasteiger partial charge in [-0.2, -0.15) is 5.26 Å². The Hall–Kier alpha value is -4.08. The molecule has 160 valence electrons. The summed E-state index contributed by atoms with van der Waals surface area (Å²) in [6.07, 6.45) is 1.45. The summed E-state index contributed by atoms with van der Waals surface area (Å²) in [6, 6.07) is 22.7. The Balaban J connectivity index is 1.62. The van der Waals surface area contributed by atoms with Crippen molar-refractivity contribution in [2.24, 2.45) is 0 Å². The Kier molecular flexibility index (Phi) is 7.63. The van der Waals surface area contributed by atoms with Crippen molar-refractivity contribution in [3.05, 3.63) is 94.5 Å². The minimum Gasteiger partial charge on any atom is -0.484 e. The molecule has 2 amide bonds. The van der Waals surface area contributed by atoms with E-state index in [4.69, 9.17) is 16.3 Å². The normalized spacial score (nSPS) is 10.7. The van der Waals surface area contributed by atoms with Crippen LogP contribution in [0.25, 0.3) is 6.08 Å². The number of halogens is 1. The van der Waals surface area contributed by atoms with Gasteiger partial charge in [0.2, 0.25) is 0 Å². The molecule has 0 atom stereocenters. The lowest BCUT2D eigenvalue weighted by molar-refractivity contribution is -0.118. The Morgan fingerprint density at radius 1 is 1.00 bits per heavy atom. The van der Waals surface area contributed by atoms with Gasteiger partial charge in [0.05, 0.1) is 0 Å². The molecule has 0 aliphatic rings. The molecular formula is C25H20ClN3O3. The summed E-state index contributed by atoms with van der Waals surface area (Å²) < 4.78 is 5.55. The second-order valence-electron chi connectivity index (χ2n) is 6.91. The Bertz CT molecular complexity index is 1180. The summed E-state index contributed by atoms with van der Waals surface area (Å²) in [5.74, 6) is -0.401. The predicted molar refractivity (Wildman–Crippen MR) is 125 cm³/mol. The van der Waals surface area contributed by atoms with E-state index in [1.807, 2.05) is 37.3 Å². The van der Waals surface area contributed by atoms with Gasteiger partial charge in [0, 0.05) is 16.4 Å². The molecule has 0 unspecified atom stereocenters. The highest BCUT2D eigenvalue weighted by Crippen LogP contribution is 2.18. The number of nitrogens with zero attached hydrogens (tertiary/aromatic N) is 1. The summed E-state index contributed by atoms with van der Waals surface area (Å²) in [4.78, 5) is 24.5. The second-order valence-corrected chi connectivity index (χ2v) is 7.34. The van der Waals surface area contributed by atoms with E-state index in [9.17, 15) is 14.9 Å². The number of ether oxygens (including phenoxy) is 1. The molecule has 3 aromatic rings. The minimum atomic E-state index is -0.543. The molecule has 0 bridgehead atoms. The zero-order valence-corrected chi connectivity index (χ0v) is 18.0. The van der Waals surface area contributed by atoms with Crippen LogP contribution in [0.1, 0.15) is 11.1 Å². The predicted octanol–water partition coefficient (Wildman–Crippen LogP) is 5.21. The van der Waals surface area contributed by atoms with E-state index in [0.717, 1.165) is 5.56 Å². The van der Waals surface area contributed by atoms with Gasteiger partial charge in [0.1, 0.15) is 17.4 Å². The standard InChI is InChI=1S/C25H20ClN3O3/c1-17-5-9-21(10-6-17)28-24(30)16-32-23-4-2-3-18(14-23)13-19(15-27)25(31)29-22-11-7-20(26)8-12-22/h2-14H,16H2,1H3,(H,28,30)(H,29,31)/b19-13-. The molecule has 0 radical (unpaired) electrons. The van der Waals surface area contributed by atoms with Gasteiger partial charge in [0.25, 0.3) is 11.8 Å². The first kappa shape index (κ1) is 22.6. The molecule has 0 saturated heterocycles. The van der Waals surface area contributed by atoms with Gasteiger partial charge in [-0.15, -0.1) is 0 Å². The van der Waals surface area contributed by atoms with Gasteiger partial charge < -0.3 is 15.4 Å². The fourth-order valence-electron chi connectivity index (χ4n) is 2.72. The van der Waals surface area contributed by atoms with E-state index in [1.54, 1.807) is 48.5 Å². The summed E-state index contributed by atoms with van der Waals surface area (Å²) >= 11 is 5.84. The molecule has 0 spiro atoms. The quantitative estimate of drug-likeness (QED) is 0.385. The maximum Gasteiger partial charge on any atom is 0.266 e. The molecule has 6 nitrogen and oxygen atoms in total. The van der Waals surface area contributed by atoms with E-state index in [2.05, 4.69) is 10.6 Å². The average Bonchev–Trinajstić information content (AvgIpc) is 2.79. The van der Waals surface area contributed by atoms with Crippen LogP contribution in [0.3, 0.4) is 0 Å². The largest absolute Gasteiger partial charge is 0.484 e. The third kappa shape index (κ3) is 6.73. The van der Waals surface area contributed by atoms with Crippen LogP contribution in [-0.2, 0) is 9.59 Å².